The fourth-order valence-corrected chi connectivity index (χ4v) is 10.6. The van der Waals surface area contributed by atoms with E-state index < -0.39 is 35.1 Å². The number of ether oxygens (including phenoxy) is 2. The number of nitrogens with one attached hydrogen (secondary N) is 1. The summed E-state index contributed by atoms with van der Waals surface area (Å²) >= 11 is 0. The summed E-state index contributed by atoms with van der Waals surface area (Å²) in [5.74, 6) is -2.58. The van der Waals surface area contributed by atoms with Crippen molar-refractivity contribution in [2.45, 2.75) is 83.3 Å². The molecule has 3 aliphatic carbocycles. The second-order valence-corrected chi connectivity index (χ2v) is 15.2. The SMILES string of the molecule is CC(=O)OC(=C(C(=O)NC12C=CC=C3C[C@@H]4[C@@H]5CCC[C@H](O1)[C@]5(CC[N+]4(CCc1ccccc1)CC(C)C)C32)C(F)(F)F)c1ccccc1. The van der Waals surface area contributed by atoms with Crippen molar-refractivity contribution in [3.05, 3.63) is 101 Å². The van der Waals surface area contributed by atoms with Crippen molar-refractivity contribution in [2.24, 2.45) is 23.2 Å². The predicted molar refractivity (Wildman–Crippen MR) is 180 cm³/mol. The van der Waals surface area contributed by atoms with Gasteiger partial charge in [-0.25, -0.2) is 0 Å². The number of esters is 1. The van der Waals surface area contributed by atoms with Crippen LogP contribution in [0.25, 0.3) is 5.76 Å². The fraction of sp³-hybridized carbons (Fsp3) is 0.500. The van der Waals surface area contributed by atoms with Crippen LogP contribution in [0.5, 0.6) is 0 Å². The van der Waals surface area contributed by atoms with Crippen molar-refractivity contribution in [2.75, 3.05) is 19.6 Å². The predicted octanol–water partition coefficient (Wildman–Crippen LogP) is 7.52. The molecule has 49 heavy (non-hydrogen) atoms. The number of nitrogens with zero attached hydrogens (tertiary/aromatic N) is 1. The Labute approximate surface area is 286 Å². The summed E-state index contributed by atoms with van der Waals surface area (Å²) in [6, 6.07) is 18.5. The maximum absolute atomic E-state index is 14.9. The smallest absolute Gasteiger partial charge is 0.425 e. The molecule has 1 amide bonds. The number of benzene rings is 2. The number of alkyl halides is 3. The molecule has 7 rings (SSSR count). The number of hydrogen-bond donors (Lipinski definition) is 1. The number of carbonyl (C=O) groups is 2. The number of rotatable bonds is 9. The molecule has 2 heterocycles. The molecule has 2 saturated heterocycles. The highest BCUT2D eigenvalue weighted by Gasteiger charge is 2.75. The van der Waals surface area contributed by atoms with Crippen LogP contribution in [0.4, 0.5) is 13.2 Å². The average molecular weight is 676 g/mol. The quantitative estimate of drug-likeness (QED) is 0.129. The fourth-order valence-electron chi connectivity index (χ4n) is 10.6. The van der Waals surface area contributed by atoms with Gasteiger partial charge in [-0.1, -0.05) is 98.7 Å². The number of piperidine rings is 1. The normalized spacial score (nSPS) is 33.3. The van der Waals surface area contributed by atoms with Gasteiger partial charge in [-0.3, -0.25) is 9.59 Å². The second-order valence-electron chi connectivity index (χ2n) is 15.2. The average Bonchev–Trinajstić information content (AvgIpc) is 3.34. The Hall–Kier alpha value is -3.69. The number of quaternary nitrogens is 1. The van der Waals surface area contributed by atoms with E-state index >= 15 is 0 Å². The summed E-state index contributed by atoms with van der Waals surface area (Å²) in [6.07, 6.45) is 5.95. The lowest BCUT2D eigenvalue weighted by Gasteiger charge is -2.65. The van der Waals surface area contributed by atoms with Crippen molar-refractivity contribution in [3.8, 4) is 0 Å². The van der Waals surface area contributed by atoms with E-state index in [1.165, 1.54) is 29.8 Å². The molecule has 9 heteroatoms. The van der Waals surface area contributed by atoms with Crippen LogP contribution in [0, 0.1) is 23.2 Å². The van der Waals surface area contributed by atoms with Crippen LogP contribution in [0.3, 0.4) is 0 Å². The monoisotopic (exact) mass is 675 g/mol. The number of hydrogen-bond acceptors (Lipinski definition) is 4. The van der Waals surface area contributed by atoms with E-state index in [9.17, 15) is 22.8 Å². The molecule has 2 saturated carbocycles. The van der Waals surface area contributed by atoms with Crippen LogP contribution in [0.2, 0.25) is 0 Å². The summed E-state index contributed by atoms with van der Waals surface area (Å²) in [5.41, 5.74) is -0.812. The summed E-state index contributed by atoms with van der Waals surface area (Å²) in [7, 11) is 0. The van der Waals surface area contributed by atoms with Crippen molar-refractivity contribution in [3.63, 3.8) is 0 Å². The van der Waals surface area contributed by atoms with Gasteiger partial charge >= 0.3 is 12.1 Å². The van der Waals surface area contributed by atoms with Crippen molar-refractivity contribution < 1.29 is 36.7 Å². The molecule has 1 spiro atoms. The molecule has 7 atom stereocenters. The topological polar surface area (TPSA) is 64.6 Å². The molecule has 2 aromatic rings. The Morgan fingerprint density at radius 1 is 1.06 bits per heavy atom. The zero-order valence-electron chi connectivity index (χ0n) is 28.5. The van der Waals surface area contributed by atoms with Gasteiger partial charge < -0.3 is 19.3 Å². The van der Waals surface area contributed by atoms with Gasteiger partial charge in [-0.15, -0.1) is 0 Å². The van der Waals surface area contributed by atoms with E-state index in [0.29, 0.717) is 17.9 Å². The lowest BCUT2D eigenvalue weighted by atomic mass is 9.46. The molecule has 260 valence electrons. The molecule has 3 unspecified atom stereocenters. The van der Waals surface area contributed by atoms with E-state index in [2.05, 4.69) is 55.6 Å². The summed E-state index contributed by atoms with van der Waals surface area (Å²) in [6.45, 7) is 8.71. The van der Waals surface area contributed by atoms with E-state index in [1.807, 2.05) is 6.08 Å². The molecule has 5 aliphatic rings. The molecule has 0 aromatic heterocycles. The number of amides is 1. The van der Waals surface area contributed by atoms with Crippen molar-refractivity contribution in [1.29, 1.82) is 0 Å². The minimum Gasteiger partial charge on any atom is -0.425 e. The van der Waals surface area contributed by atoms with Gasteiger partial charge in [-0.2, -0.15) is 13.2 Å². The number of halogens is 3. The third kappa shape index (κ3) is 5.76. The molecular formula is C40H46F3N2O4+. The van der Waals surface area contributed by atoms with Gasteiger partial charge in [0.15, 0.2) is 17.1 Å². The standard InChI is InChI=1S/C40H45F3N2O4/c1-26(2)25-45(22-19-28-12-6-4-7-13-28)23-21-38-31-17-10-18-33(38)49-39(20-11-16-30(36(38)39)24-32(31)45)44-37(47)34(40(41,42)43)35(48-27(3)46)29-14-8-5-9-15-29/h4-9,11-16,20,26,31-33,36H,10,17-19,21-25H2,1-3H3/p+1/t31-,32+,33-,36?,38+,39?,45?/m0/s1. The minimum atomic E-state index is -5.11. The number of allylic oxidation sites excluding steroid dienone is 2. The third-order valence-corrected chi connectivity index (χ3v) is 11.9. The largest absolute Gasteiger partial charge is 0.425 e. The highest BCUT2D eigenvalue weighted by Crippen LogP contribution is 2.70. The molecule has 1 N–H and O–H groups in total. The molecule has 6 nitrogen and oxygen atoms in total. The van der Waals surface area contributed by atoms with E-state index in [1.54, 1.807) is 12.1 Å². The molecular weight excluding hydrogens is 629 g/mol. The van der Waals surface area contributed by atoms with Gasteiger partial charge in [-0.05, 0) is 24.5 Å². The Morgan fingerprint density at radius 2 is 1.78 bits per heavy atom. The third-order valence-electron chi connectivity index (χ3n) is 11.9. The molecule has 2 bridgehead atoms. The lowest BCUT2D eigenvalue weighted by Crippen LogP contribution is -2.73. The summed E-state index contributed by atoms with van der Waals surface area (Å²) < 4.78 is 57.8. The maximum atomic E-state index is 14.9. The van der Waals surface area contributed by atoms with Crippen LogP contribution < -0.4 is 5.32 Å². The maximum Gasteiger partial charge on any atom is 0.425 e. The number of carbonyl (C=O) groups excluding carboxylic acids is 2. The molecule has 2 aromatic carbocycles. The Kier molecular flexibility index (Phi) is 8.67. The Morgan fingerprint density at radius 3 is 2.45 bits per heavy atom. The first-order valence-electron chi connectivity index (χ1n) is 17.7. The van der Waals surface area contributed by atoms with Crippen LogP contribution in [-0.2, 0) is 25.5 Å². The van der Waals surface area contributed by atoms with Gasteiger partial charge in [0.1, 0.15) is 0 Å². The molecule has 2 aliphatic heterocycles. The first kappa shape index (κ1) is 33.8. The minimum absolute atomic E-state index is 0.0142. The zero-order chi connectivity index (χ0) is 34.6. The second kappa shape index (κ2) is 12.6. The highest BCUT2D eigenvalue weighted by molar-refractivity contribution is 6.03. The van der Waals surface area contributed by atoms with Crippen LogP contribution >= 0.6 is 0 Å². The van der Waals surface area contributed by atoms with Crippen LogP contribution in [-0.4, -0.2) is 60.0 Å². The highest BCUT2D eigenvalue weighted by atomic mass is 19.4. The summed E-state index contributed by atoms with van der Waals surface area (Å²) in [5, 5.41) is 2.80. The lowest BCUT2D eigenvalue weighted by molar-refractivity contribution is -0.966. The van der Waals surface area contributed by atoms with E-state index in [-0.39, 0.29) is 23.0 Å². The van der Waals surface area contributed by atoms with E-state index in [0.717, 1.165) is 75.1 Å². The first-order valence-corrected chi connectivity index (χ1v) is 17.7. The first-order chi connectivity index (χ1) is 23.4. The Bertz CT molecular complexity index is 1690. The van der Waals surface area contributed by atoms with Gasteiger partial charge in [0.25, 0.3) is 5.91 Å². The number of likely N-dealkylation sites (tertiary alicyclic amines) is 1. The molecule has 0 radical (unpaired) electrons. The van der Waals surface area contributed by atoms with Crippen molar-refractivity contribution >= 4 is 17.6 Å². The van der Waals surface area contributed by atoms with Gasteiger partial charge in [0.05, 0.1) is 31.8 Å². The zero-order valence-corrected chi connectivity index (χ0v) is 28.5. The van der Waals surface area contributed by atoms with Gasteiger partial charge in [0.2, 0.25) is 0 Å². The van der Waals surface area contributed by atoms with E-state index in [4.69, 9.17) is 9.47 Å². The van der Waals surface area contributed by atoms with Crippen molar-refractivity contribution in [1.82, 2.24) is 5.32 Å². The Balaban J connectivity index is 1.27. The summed E-state index contributed by atoms with van der Waals surface area (Å²) in [4.78, 5) is 26.2. The van der Waals surface area contributed by atoms with Crippen LogP contribution in [0.15, 0.2) is 90.0 Å². The molecule has 4 fully saturated rings. The van der Waals surface area contributed by atoms with Crippen LogP contribution in [0.1, 0.15) is 64.0 Å². The van der Waals surface area contributed by atoms with Gasteiger partial charge in [0, 0.05) is 54.9 Å².